The van der Waals surface area contributed by atoms with E-state index in [-0.39, 0.29) is 5.41 Å². The molecular weight excluding hydrogens is 392 g/mol. The fourth-order valence-electron chi connectivity index (χ4n) is 3.64. The largest absolute Gasteiger partial charge is 0.345 e. The lowest BCUT2D eigenvalue weighted by Gasteiger charge is -2.37. The molecule has 4 heterocycles. The molecule has 0 N–H and O–H groups in total. The third-order valence-corrected chi connectivity index (χ3v) is 6.84. The number of likely N-dealkylation sites (tertiary alicyclic amines) is 2. The Morgan fingerprint density at radius 2 is 2.08 bits per heavy atom. The molecule has 2 saturated heterocycles. The SMILES string of the molecule is CN1CCC2(CCN(Cc3nc(-c4cc(Br)cs4)no3)CC2)C1=O. The molecule has 2 fully saturated rings. The van der Waals surface area contributed by atoms with E-state index < -0.39 is 0 Å². The summed E-state index contributed by atoms with van der Waals surface area (Å²) in [5.74, 6) is 1.60. The van der Waals surface area contributed by atoms with Gasteiger partial charge < -0.3 is 9.42 Å². The van der Waals surface area contributed by atoms with Gasteiger partial charge in [0, 0.05) is 23.4 Å². The summed E-state index contributed by atoms with van der Waals surface area (Å²) >= 11 is 5.03. The van der Waals surface area contributed by atoms with Crippen LogP contribution in [0.4, 0.5) is 0 Å². The average molecular weight is 411 g/mol. The molecule has 2 aromatic rings. The van der Waals surface area contributed by atoms with Crippen LogP contribution >= 0.6 is 27.3 Å². The molecule has 8 heteroatoms. The van der Waals surface area contributed by atoms with Gasteiger partial charge in [0.15, 0.2) is 0 Å². The first kappa shape index (κ1) is 16.2. The van der Waals surface area contributed by atoms with Crippen LogP contribution in [-0.2, 0) is 11.3 Å². The highest BCUT2D eigenvalue weighted by Crippen LogP contribution is 2.41. The maximum absolute atomic E-state index is 12.4. The molecule has 2 aliphatic rings. The van der Waals surface area contributed by atoms with Crippen LogP contribution in [0.5, 0.6) is 0 Å². The number of nitrogens with zero attached hydrogens (tertiary/aromatic N) is 4. The van der Waals surface area contributed by atoms with E-state index in [4.69, 9.17) is 4.52 Å². The summed E-state index contributed by atoms with van der Waals surface area (Å²) < 4.78 is 6.43. The quantitative estimate of drug-likeness (QED) is 0.777. The molecule has 6 nitrogen and oxygen atoms in total. The van der Waals surface area contributed by atoms with Gasteiger partial charge in [-0.1, -0.05) is 5.16 Å². The number of aromatic nitrogens is 2. The fourth-order valence-corrected chi connectivity index (χ4v) is 4.99. The van der Waals surface area contributed by atoms with Crippen LogP contribution < -0.4 is 0 Å². The van der Waals surface area contributed by atoms with Crippen LogP contribution in [-0.4, -0.2) is 52.5 Å². The van der Waals surface area contributed by atoms with E-state index in [9.17, 15) is 4.79 Å². The Morgan fingerprint density at radius 1 is 1.33 bits per heavy atom. The third kappa shape index (κ3) is 2.91. The molecule has 128 valence electrons. The second-order valence-electron chi connectivity index (χ2n) is 6.67. The minimum atomic E-state index is -0.117. The molecule has 0 radical (unpaired) electrons. The monoisotopic (exact) mass is 410 g/mol. The molecule has 0 aliphatic carbocycles. The lowest BCUT2D eigenvalue weighted by Crippen LogP contribution is -2.43. The van der Waals surface area contributed by atoms with Gasteiger partial charge >= 0.3 is 0 Å². The normalized spacial score (nSPS) is 21.1. The number of carbonyl (C=O) groups excluding carboxylic acids is 1. The number of hydrogen-bond acceptors (Lipinski definition) is 6. The van der Waals surface area contributed by atoms with E-state index in [1.165, 1.54) is 0 Å². The maximum atomic E-state index is 12.4. The summed E-state index contributed by atoms with van der Waals surface area (Å²) in [6.07, 6.45) is 2.85. The van der Waals surface area contributed by atoms with Crippen molar-refractivity contribution in [3.63, 3.8) is 0 Å². The third-order valence-electron chi connectivity index (χ3n) is 5.15. The Bertz CT molecular complexity index is 751. The number of halogens is 1. The first-order valence-corrected chi connectivity index (χ1v) is 9.78. The fraction of sp³-hybridized carbons (Fsp3) is 0.562. The number of rotatable bonds is 3. The Hall–Kier alpha value is -1.25. The van der Waals surface area contributed by atoms with E-state index in [0.29, 0.717) is 24.2 Å². The minimum absolute atomic E-state index is 0.117. The van der Waals surface area contributed by atoms with Crippen molar-refractivity contribution in [2.75, 3.05) is 26.7 Å². The van der Waals surface area contributed by atoms with Gasteiger partial charge in [-0.05, 0) is 54.3 Å². The minimum Gasteiger partial charge on any atom is -0.345 e. The molecule has 2 aliphatic heterocycles. The average Bonchev–Trinajstić information content (AvgIpc) is 3.27. The number of thiophene rings is 1. The molecule has 1 spiro atoms. The maximum Gasteiger partial charge on any atom is 0.241 e. The summed E-state index contributed by atoms with van der Waals surface area (Å²) in [5.41, 5.74) is -0.117. The van der Waals surface area contributed by atoms with Gasteiger partial charge in [-0.3, -0.25) is 9.69 Å². The molecule has 24 heavy (non-hydrogen) atoms. The summed E-state index contributed by atoms with van der Waals surface area (Å²) in [6.45, 7) is 3.35. The van der Waals surface area contributed by atoms with Gasteiger partial charge in [-0.15, -0.1) is 11.3 Å². The first-order chi connectivity index (χ1) is 11.6. The van der Waals surface area contributed by atoms with Crippen molar-refractivity contribution < 1.29 is 9.32 Å². The molecular formula is C16H19BrN4O2S. The zero-order valence-corrected chi connectivity index (χ0v) is 15.9. The summed E-state index contributed by atoms with van der Waals surface area (Å²) in [6, 6.07) is 1.99. The molecule has 1 amide bonds. The topological polar surface area (TPSA) is 62.5 Å². The van der Waals surface area contributed by atoms with Crippen molar-refractivity contribution in [3.8, 4) is 10.7 Å². The van der Waals surface area contributed by atoms with Crippen LogP contribution in [0.15, 0.2) is 20.4 Å². The Labute approximate surface area is 153 Å². The molecule has 0 atom stereocenters. The molecule has 0 aromatic carbocycles. The highest BCUT2D eigenvalue weighted by molar-refractivity contribution is 9.10. The van der Waals surface area contributed by atoms with Crippen LogP contribution in [0.2, 0.25) is 0 Å². The van der Waals surface area contributed by atoms with Gasteiger partial charge in [0.1, 0.15) is 0 Å². The predicted octanol–water partition coefficient (Wildman–Crippen LogP) is 3.00. The lowest BCUT2D eigenvalue weighted by atomic mass is 9.77. The first-order valence-electron chi connectivity index (χ1n) is 8.11. The van der Waals surface area contributed by atoms with E-state index in [1.807, 2.05) is 23.4 Å². The molecule has 0 saturated carbocycles. The van der Waals surface area contributed by atoms with Gasteiger partial charge in [0.2, 0.25) is 17.6 Å². The Balaban J connectivity index is 1.38. The second kappa shape index (κ2) is 6.24. The Kier molecular flexibility index (Phi) is 4.22. The summed E-state index contributed by atoms with van der Waals surface area (Å²) in [4.78, 5) is 22.0. The van der Waals surface area contributed by atoms with Crippen molar-refractivity contribution in [1.82, 2.24) is 19.9 Å². The van der Waals surface area contributed by atoms with E-state index in [0.717, 1.165) is 48.2 Å². The second-order valence-corrected chi connectivity index (χ2v) is 8.50. The zero-order valence-electron chi connectivity index (χ0n) is 13.5. The number of amides is 1. The van der Waals surface area contributed by atoms with Crippen molar-refractivity contribution >= 4 is 33.2 Å². The van der Waals surface area contributed by atoms with Gasteiger partial charge in [-0.2, -0.15) is 4.98 Å². The van der Waals surface area contributed by atoms with Crippen LogP contribution in [0.3, 0.4) is 0 Å². The van der Waals surface area contributed by atoms with Crippen LogP contribution in [0.25, 0.3) is 10.7 Å². The predicted molar refractivity (Wildman–Crippen MR) is 94.5 cm³/mol. The standard InChI is InChI=1S/C16H19BrN4O2S/c1-20-5-2-16(15(20)22)3-6-21(7-4-16)9-13-18-14(19-23-13)12-8-11(17)10-24-12/h8,10H,2-7,9H2,1H3. The molecule has 0 unspecified atom stereocenters. The number of piperidine rings is 1. The molecule has 4 rings (SSSR count). The van der Waals surface area contributed by atoms with Crippen molar-refractivity contribution in [2.45, 2.75) is 25.8 Å². The van der Waals surface area contributed by atoms with Crippen molar-refractivity contribution in [3.05, 3.63) is 21.8 Å². The van der Waals surface area contributed by atoms with E-state index >= 15 is 0 Å². The van der Waals surface area contributed by atoms with Crippen molar-refractivity contribution in [2.24, 2.45) is 5.41 Å². The highest BCUT2D eigenvalue weighted by atomic mass is 79.9. The van der Waals surface area contributed by atoms with Crippen LogP contribution in [0.1, 0.15) is 25.2 Å². The van der Waals surface area contributed by atoms with E-state index in [2.05, 4.69) is 31.0 Å². The smallest absolute Gasteiger partial charge is 0.241 e. The number of carbonyl (C=O) groups is 1. The number of hydrogen-bond donors (Lipinski definition) is 0. The summed E-state index contributed by atoms with van der Waals surface area (Å²) in [5, 5.41) is 6.08. The van der Waals surface area contributed by atoms with Gasteiger partial charge in [0.25, 0.3) is 0 Å². The van der Waals surface area contributed by atoms with E-state index in [1.54, 1.807) is 11.3 Å². The van der Waals surface area contributed by atoms with Crippen molar-refractivity contribution in [1.29, 1.82) is 0 Å². The molecule has 0 bridgehead atoms. The van der Waals surface area contributed by atoms with Crippen LogP contribution in [0, 0.1) is 5.41 Å². The highest BCUT2D eigenvalue weighted by Gasteiger charge is 2.46. The molecule has 2 aromatic heterocycles. The van der Waals surface area contributed by atoms with Gasteiger partial charge in [0.05, 0.1) is 16.8 Å². The summed E-state index contributed by atoms with van der Waals surface area (Å²) in [7, 11) is 1.91. The Morgan fingerprint density at radius 3 is 2.71 bits per heavy atom. The van der Waals surface area contributed by atoms with Gasteiger partial charge in [-0.25, -0.2) is 0 Å². The zero-order chi connectivity index (χ0) is 16.7. The lowest BCUT2D eigenvalue weighted by molar-refractivity contribution is -0.137.